The highest BCUT2D eigenvalue weighted by molar-refractivity contribution is 6.00. The molecule has 3 fully saturated rings. The third-order valence-electron chi connectivity index (χ3n) is 8.39. The number of imide groups is 1. The Balaban J connectivity index is 1.24. The van der Waals surface area contributed by atoms with Crippen LogP contribution in [0.4, 0.5) is 0 Å². The number of nitrogens with one attached hydrogen (secondary N) is 1. The van der Waals surface area contributed by atoms with Gasteiger partial charge in [-0.25, -0.2) is 4.79 Å². The predicted octanol–water partition coefficient (Wildman–Crippen LogP) is 1.97. The van der Waals surface area contributed by atoms with Gasteiger partial charge in [0.05, 0.1) is 11.0 Å². The van der Waals surface area contributed by atoms with Crippen molar-refractivity contribution in [3.05, 3.63) is 34.2 Å². The van der Waals surface area contributed by atoms with Crippen LogP contribution in [0.3, 0.4) is 0 Å². The van der Waals surface area contributed by atoms with Crippen molar-refractivity contribution < 1.29 is 14.4 Å². The first kappa shape index (κ1) is 24.7. The van der Waals surface area contributed by atoms with Crippen molar-refractivity contribution in [2.75, 3.05) is 26.2 Å². The number of amides is 3. The molecule has 0 radical (unpaired) electrons. The van der Waals surface area contributed by atoms with Gasteiger partial charge in [0, 0.05) is 51.6 Å². The van der Waals surface area contributed by atoms with E-state index in [1.165, 1.54) is 23.8 Å². The Hall–Kier alpha value is -2.94. The molecule has 1 saturated carbocycles. The van der Waals surface area contributed by atoms with Gasteiger partial charge in [-0.2, -0.15) is 0 Å². The van der Waals surface area contributed by atoms with Crippen LogP contribution in [-0.4, -0.2) is 68.9 Å². The van der Waals surface area contributed by atoms with E-state index >= 15 is 0 Å². The SMILES string of the molecule is C[C@@H]1CN(C(=O)C2CCCCC2)CCN1CCc1ccc2c(c1)n(C)c(=O)n2C1CCC(=O)NC1=O. The maximum Gasteiger partial charge on any atom is 0.329 e. The molecule has 1 aromatic carbocycles. The highest BCUT2D eigenvalue weighted by Crippen LogP contribution is 2.27. The zero-order chi connectivity index (χ0) is 25.4. The number of fused-ring (bicyclic) bond motifs is 1. The molecule has 5 rings (SSSR count). The molecule has 1 N–H and O–H groups in total. The first-order valence-corrected chi connectivity index (χ1v) is 13.4. The average Bonchev–Trinajstić information content (AvgIpc) is 3.12. The zero-order valence-electron chi connectivity index (χ0n) is 21.4. The van der Waals surface area contributed by atoms with E-state index in [1.54, 1.807) is 11.6 Å². The number of aryl methyl sites for hydroxylation is 1. The van der Waals surface area contributed by atoms with E-state index in [1.807, 2.05) is 18.2 Å². The van der Waals surface area contributed by atoms with Gasteiger partial charge in [-0.3, -0.25) is 33.7 Å². The topological polar surface area (TPSA) is 96.7 Å². The lowest BCUT2D eigenvalue weighted by Gasteiger charge is -2.41. The van der Waals surface area contributed by atoms with Gasteiger partial charge in [-0.05, 0) is 50.3 Å². The molecular weight excluding hydrogens is 458 g/mol. The van der Waals surface area contributed by atoms with Gasteiger partial charge in [0.1, 0.15) is 6.04 Å². The Labute approximate surface area is 211 Å². The van der Waals surface area contributed by atoms with Crippen LogP contribution < -0.4 is 11.0 Å². The molecule has 0 bridgehead atoms. The summed E-state index contributed by atoms with van der Waals surface area (Å²) in [5.41, 5.74) is 2.39. The van der Waals surface area contributed by atoms with E-state index in [0.717, 1.165) is 56.5 Å². The van der Waals surface area contributed by atoms with Gasteiger partial charge in [-0.1, -0.05) is 25.3 Å². The maximum absolute atomic E-state index is 13.0. The summed E-state index contributed by atoms with van der Waals surface area (Å²) >= 11 is 0. The summed E-state index contributed by atoms with van der Waals surface area (Å²) in [5, 5.41) is 2.35. The molecule has 9 heteroatoms. The number of benzene rings is 1. The summed E-state index contributed by atoms with van der Waals surface area (Å²) in [6.07, 6.45) is 7.11. The van der Waals surface area contributed by atoms with Crippen LogP contribution in [0.15, 0.2) is 23.0 Å². The Morgan fingerprint density at radius 3 is 2.53 bits per heavy atom. The number of carbonyl (C=O) groups is 3. The number of piperazine rings is 1. The van der Waals surface area contributed by atoms with Crippen molar-refractivity contribution in [2.45, 2.75) is 70.4 Å². The molecule has 2 atom stereocenters. The van der Waals surface area contributed by atoms with E-state index in [-0.39, 0.29) is 23.9 Å². The van der Waals surface area contributed by atoms with Gasteiger partial charge >= 0.3 is 5.69 Å². The monoisotopic (exact) mass is 495 g/mol. The predicted molar refractivity (Wildman–Crippen MR) is 136 cm³/mol. The molecule has 3 aliphatic rings. The molecule has 9 nitrogen and oxygen atoms in total. The smallest absolute Gasteiger partial charge is 0.329 e. The fourth-order valence-corrected chi connectivity index (χ4v) is 6.20. The van der Waals surface area contributed by atoms with E-state index in [2.05, 4.69) is 22.0 Å². The average molecular weight is 496 g/mol. The van der Waals surface area contributed by atoms with Crippen LogP contribution in [-0.2, 0) is 27.9 Å². The lowest BCUT2D eigenvalue weighted by molar-refractivity contribution is -0.139. The van der Waals surface area contributed by atoms with Gasteiger partial charge in [0.2, 0.25) is 17.7 Å². The Bertz CT molecular complexity index is 1220. The number of rotatable bonds is 5. The van der Waals surface area contributed by atoms with Gasteiger partial charge in [-0.15, -0.1) is 0 Å². The van der Waals surface area contributed by atoms with E-state index < -0.39 is 11.9 Å². The molecule has 1 aliphatic carbocycles. The first-order valence-electron chi connectivity index (χ1n) is 13.4. The largest absolute Gasteiger partial charge is 0.340 e. The lowest BCUT2D eigenvalue weighted by Crippen LogP contribution is -2.55. The molecule has 1 aromatic heterocycles. The second kappa shape index (κ2) is 10.2. The molecule has 194 valence electrons. The lowest BCUT2D eigenvalue weighted by atomic mass is 9.88. The highest BCUT2D eigenvalue weighted by Gasteiger charge is 2.32. The molecule has 2 saturated heterocycles. The normalized spacial score (nSPS) is 24.3. The van der Waals surface area contributed by atoms with Crippen LogP contribution in [0.5, 0.6) is 0 Å². The third-order valence-corrected chi connectivity index (χ3v) is 8.39. The Kier molecular flexibility index (Phi) is 7.01. The third kappa shape index (κ3) is 4.73. The van der Waals surface area contributed by atoms with Crippen LogP contribution in [0, 0.1) is 5.92 Å². The fourth-order valence-electron chi connectivity index (χ4n) is 6.20. The van der Waals surface area contributed by atoms with E-state index in [0.29, 0.717) is 23.9 Å². The van der Waals surface area contributed by atoms with Crippen molar-refractivity contribution in [1.82, 2.24) is 24.3 Å². The molecule has 2 aromatic rings. The molecule has 1 unspecified atom stereocenters. The number of hydrogen-bond acceptors (Lipinski definition) is 5. The molecular formula is C27H37N5O4. The number of nitrogens with zero attached hydrogens (tertiary/aromatic N) is 4. The number of imidazole rings is 1. The maximum atomic E-state index is 13.0. The standard InChI is InChI=1S/C27H37N5O4/c1-18-17-31(26(35)20-6-4-3-5-7-20)15-14-30(18)13-12-19-8-9-21-23(16-19)29(2)27(36)32(21)22-10-11-24(33)28-25(22)34/h8-9,16,18,20,22H,3-7,10-15,17H2,1-2H3,(H,28,33,34)/t18-,22?/m1/s1. The van der Waals surface area contributed by atoms with Crippen molar-refractivity contribution in [3.63, 3.8) is 0 Å². The van der Waals surface area contributed by atoms with E-state index in [4.69, 9.17) is 0 Å². The first-order chi connectivity index (χ1) is 17.3. The molecule has 3 amide bonds. The summed E-state index contributed by atoms with van der Waals surface area (Å²) < 4.78 is 3.10. The summed E-state index contributed by atoms with van der Waals surface area (Å²) in [6.45, 7) is 5.55. The van der Waals surface area contributed by atoms with Gasteiger partial charge < -0.3 is 4.90 Å². The zero-order valence-corrected chi connectivity index (χ0v) is 21.4. The minimum atomic E-state index is -0.668. The van der Waals surface area contributed by atoms with Crippen LogP contribution in [0.25, 0.3) is 11.0 Å². The van der Waals surface area contributed by atoms with Gasteiger partial charge in [0.15, 0.2) is 0 Å². The molecule has 2 aliphatic heterocycles. The van der Waals surface area contributed by atoms with Crippen LogP contribution in [0.2, 0.25) is 0 Å². The van der Waals surface area contributed by atoms with Crippen molar-refractivity contribution in [1.29, 1.82) is 0 Å². The second-order valence-electron chi connectivity index (χ2n) is 10.8. The number of hydrogen-bond donors (Lipinski definition) is 1. The number of piperidine rings is 1. The summed E-state index contributed by atoms with van der Waals surface area (Å²) in [4.78, 5) is 54.4. The van der Waals surface area contributed by atoms with E-state index in [9.17, 15) is 19.2 Å². The summed E-state index contributed by atoms with van der Waals surface area (Å²) in [7, 11) is 1.72. The quantitative estimate of drug-likeness (QED) is 0.640. The molecule has 0 spiro atoms. The van der Waals surface area contributed by atoms with Gasteiger partial charge in [0.25, 0.3) is 0 Å². The molecule has 3 heterocycles. The minimum absolute atomic E-state index is 0.225. The Morgan fingerprint density at radius 1 is 1.03 bits per heavy atom. The highest BCUT2D eigenvalue weighted by atomic mass is 16.2. The number of aromatic nitrogens is 2. The Morgan fingerprint density at radius 2 is 1.81 bits per heavy atom. The van der Waals surface area contributed by atoms with Crippen molar-refractivity contribution >= 4 is 28.8 Å². The van der Waals surface area contributed by atoms with Crippen LogP contribution >= 0.6 is 0 Å². The summed E-state index contributed by atoms with van der Waals surface area (Å²) in [6, 6.07) is 5.62. The summed E-state index contributed by atoms with van der Waals surface area (Å²) in [5.74, 6) is -0.128. The molecule has 36 heavy (non-hydrogen) atoms. The fraction of sp³-hybridized carbons (Fsp3) is 0.630. The van der Waals surface area contributed by atoms with Crippen molar-refractivity contribution in [3.8, 4) is 0 Å². The number of carbonyl (C=O) groups excluding carboxylic acids is 3. The van der Waals surface area contributed by atoms with Crippen molar-refractivity contribution in [2.24, 2.45) is 13.0 Å². The van der Waals surface area contributed by atoms with Crippen LogP contribution in [0.1, 0.15) is 63.5 Å². The minimum Gasteiger partial charge on any atom is -0.340 e. The second-order valence-corrected chi connectivity index (χ2v) is 10.8.